The van der Waals surface area contributed by atoms with Gasteiger partial charge in [0.25, 0.3) is 10.1 Å². The number of hydrogen-bond donors (Lipinski definition) is 1. The lowest BCUT2D eigenvalue weighted by Gasteiger charge is -2.05. The summed E-state index contributed by atoms with van der Waals surface area (Å²) < 4.78 is 25.1. The van der Waals surface area contributed by atoms with Crippen LogP contribution < -0.4 is 5.73 Å². The first-order chi connectivity index (χ1) is 4.83. The van der Waals surface area contributed by atoms with E-state index in [1.165, 1.54) is 6.92 Å². The second-order valence-corrected chi connectivity index (χ2v) is 3.94. The molecule has 2 N–H and O–H groups in total. The molecule has 0 aromatic carbocycles. The van der Waals surface area contributed by atoms with Gasteiger partial charge in [-0.25, -0.2) is 0 Å². The van der Waals surface area contributed by atoms with Crippen LogP contribution in [0.3, 0.4) is 0 Å². The Morgan fingerprint density at radius 2 is 2.09 bits per heavy atom. The number of nitrogens with two attached hydrogens (primary N) is 1. The average Bonchev–Trinajstić information content (AvgIpc) is 1.80. The van der Waals surface area contributed by atoms with Crippen molar-refractivity contribution in [3.8, 4) is 0 Å². The number of primary amides is 1. The molecule has 1 atom stereocenters. The topological polar surface area (TPSA) is 86.5 Å². The third-order valence-electron chi connectivity index (χ3n) is 1.02. The quantitative estimate of drug-likeness (QED) is 0.568. The van der Waals surface area contributed by atoms with E-state index in [0.29, 0.717) is 0 Å². The van der Waals surface area contributed by atoms with E-state index in [9.17, 15) is 13.2 Å². The predicted molar refractivity (Wildman–Crippen MR) is 39.2 cm³/mol. The molecule has 5 nitrogen and oxygen atoms in total. The fourth-order valence-electron chi connectivity index (χ4n) is 0.308. The molecule has 0 aliphatic carbocycles. The molecular formula is C5H11NO4S. The molecule has 0 saturated carbocycles. The lowest BCUT2D eigenvalue weighted by molar-refractivity contribution is -0.122. The molecule has 0 aliphatic rings. The summed E-state index contributed by atoms with van der Waals surface area (Å²) in [5, 5.41) is 0. The second-order valence-electron chi connectivity index (χ2n) is 2.29. The third kappa shape index (κ3) is 5.81. The number of rotatable bonds is 4. The normalized spacial score (nSPS) is 14.4. The number of carbonyl (C=O) groups excluding carboxylic acids is 1. The molecule has 0 rings (SSSR count). The fraction of sp³-hybridized carbons (Fsp3) is 0.800. The summed E-state index contributed by atoms with van der Waals surface area (Å²) in [6.45, 7) is 1.31. The van der Waals surface area contributed by atoms with Gasteiger partial charge in [-0.2, -0.15) is 8.42 Å². The van der Waals surface area contributed by atoms with Gasteiger partial charge in [-0.15, -0.1) is 0 Å². The van der Waals surface area contributed by atoms with Crippen molar-refractivity contribution in [1.29, 1.82) is 0 Å². The Hall–Kier alpha value is -0.620. The number of amides is 1. The van der Waals surface area contributed by atoms with Gasteiger partial charge in [0.05, 0.1) is 18.8 Å². The van der Waals surface area contributed by atoms with Gasteiger partial charge in [-0.05, 0) is 0 Å². The molecule has 11 heavy (non-hydrogen) atoms. The van der Waals surface area contributed by atoms with Crippen LogP contribution in [0.15, 0.2) is 0 Å². The van der Waals surface area contributed by atoms with Gasteiger partial charge in [0.15, 0.2) is 0 Å². The monoisotopic (exact) mass is 181 g/mol. The van der Waals surface area contributed by atoms with Crippen molar-refractivity contribution in [3.05, 3.63) is 0 Å². The highest BCUT2D eigenvalue weighted by atomic mass is 32.2. The van der Waals surface area contributed by atoms with Crippen molar-refractivity contribution < 1.29 is 17.4 Å². The van der Waals surface area contributed by atoms with Crippen LogP contribution in [-0.2, 0) is 19.1 Å². The van der Waals surface area contributed by atoms with Crippen LogP contribution in [-0.4, -0.2) is 27.2 Å². The smallest absolute Gasteiger partial charge is 0.264 e. The first-order valence-electron chi connectivity index (χ1n) is 2.96. The Morgan fingerprint density at radius 3 is 2.36 bits per heavy atom. The van der Waals surface area contributed by atoms with E-state index >= 15 is 0 Å². The first-order valence-corrected chi connectivity index (χ1v) is 4.78. The zero-order valence-corrected chi connectivity index (χ0v) is 7.22. The number of carbonyl (C=O) groups is 1. The molecule has 0 aromatic rings. The fourth-order valence-corrected chi connectivity index (χ4v) is 0.759. The second kappa shape index (κ2) is 3.68. The molecule has 0 saturated heterocycles. The minimum atomic E-state index is -3.46. The van der Waals surface area contributed by atoms with Crippen molar-refractivity contribution in [2.24, 2.45) is 11.7 Å². The Morgan fingerprint density at radius 1 is 1.64 bits per heavy atom. The molecule has 66 valence electrons. The highest BCUT2D eigenvalue weighted by Crippen LogP contribution is 1.96. The predicted octanol–water partition coefficient (Wildman–Crippen LogP) is -0.916. The maximum Gasteiger partial charge on any atom is 0.264 e. The minimum Gasteiger partial charge on any atom is -0.369 e. The van der Waals surface area contributed by atoms with Crippen LogP contribution in [0.25, 0.3) is 0 Å². The Balaban J connectivity index is 3.82. The summed E-state index contributed by atoms with van der Waals surface area (Å²) in [5.41, 5.74) is 4.85. The molecule has 1 unspecified atom stereocenters. The molecule has 0 aliphatic heterocycles. The lowest BCUT2D eigenvalue weighted by Crippen LogP contribution is -2.25. The zero-order chi connectivity index (χ0) is 9.07. The highest BCUT2D eigenvalue weighted by Gasteiger charge is 2.11. The molecule has 6 heteroatoms. The molecule has 0 bridgehead atoms. The molecule has 0 fully saturated rings. The Kier molecular flexibility index (Phi) is 3.47. The molecular weight excluding hydrogens is 170 g/mol. The van der Waals surface area contributed by atoms with Crippen molar-refractivity contribution in [1.82, 2.24) is 0 Å². The maximum atomic E-state index is 10.4. The van der Waals surface area contributed by atoms with Gasteiger partial charge < -0.3 is 5.73 Å². The summed E-state index contributed by atoms with van der Waals surface area (Å²) in [6.07, 6.45) is 0.917. The Bertz CT molecular complexity index is 233. The third-order valence-corrected chi connectivity index (χ3v) is 1.58. The minimum absolute atomic E-state index is 0.186. The Labute approximate surface area is 65.6 Å². The van der Waals surface area contributed by atoms with Gasteiger partial charge in [-0.3, -0.25) is 8.98 Å². The summed E-state index contributed by atoms with van der Waals surface area (Å²) in [7, 11) is -3.46. The van der Waals surface area contributed by atoms with Crippen LogP contribution in [0.2, 0.25) is 0 Å². The summed E-state index contributed by atoms with van der Waals surface area (Å²) >= 11 is 0. The van der Waals surface area contributed by atoms with Crippen LogP contribution in [0, 0.1) is 5.92 Å². The molecule has 0 aromatic heterocycles. The van der Waals surface area contributed by atoms with Crippen LogP contribution in [0.4, 0.5) is 0 Å². The first kappa shape index (κ1) is 10.4. The summed E-state index contributed by atoms with van der Waals surface area (Å²) in [4.78, 5) is 10.4. The molecule has 0 spiro atoms. The van der Waals surface area contributed by atoms with Gasteiger partial charge in [0.2, 0.25) is 5.91 Å². The van der Waals surface area contributed by atoms with E-state index in [1.54, 1.807) is 0 Å². The van der Waals surface area contributed by atoms with E-state index < -0.39 is 21.9 Å². The summed E-state index contributed by atoms with van der Waals surface area (Å²) in [6, 6.07) is 0. The van der Waals surface area contributed by atoms with Gasteiger partial charge >= 0.3 is 0 Å². The van der Waals surface area contributed by atoms with Gasteiger partial charge in [0.1, 0.15) is 0 Å². The molecule has 1 amide bonds. The van der Waals surface area contributed by atoms with E-state index in [-0.39, 0.29) is 6.61 Å². The standard InChI is InChI=1S/C5H11NO4S/c1-4(5(6)7)3-10-11(2,8)9/h4H,3H2,1-2H3,(H2,6,7). The summed E-state index contributed by atoms with van der Waals surface area (Å²) in [5.74, 6) is -1.15. The average molecular weight is 181 g/mol. The maximum absolute atomic E-state index is 10.4. The van der Waals surface area contributed by atoms with Crippen LogP contribution in [0.5, 0.6) is 0 Å². The van der Waals surface area contributed by atoms with Crippen molar-refractivity contribution >= 4 is 16.0 Å². The van der Waals surface area contributed by atoms with Crippen LogP contribution in [0.1, 0.15) is 6.92 Å². The van der Waals surface area contributed by atoms with Gasteiger partial charge in [0, 0.05) is 0 Å². The van der Waals surface area contributed by atoms with Crippen molar-refractivity contribution in [2.45, 2.75) is 6.92 Å². The number of hydrogen-bond acceptors (Lipinski definition) is 4. The van der Waals surface area contributed by atoms with Crippen molar-refractivity contribution in [2.75, 3.05) is 12.9 Å². The SMILES string of the molecule is CC(COS(C)(=O)=O)C(N)=O. The largest absolute Gasteiger partial charge is 0.369 e. The van der Waals surface area contributed by atoms with Gasteiger partial charge in [-0.1, -0.05) is 6.92 Å². The molecule has 0 heterocycles. The highest BCUT2D eigenvalue weighted by molar-refractivity contribution is 7.85. The molecule has 0 radical (unpaired) electrons. The van der Waals surface area contributed by atoms with E-state index in [4.69, 9.17) is 5.73 Å². The van der Waals surface area contributed by atoms with E-state index in [2.05, 4.69) is 4.18 Å². The van der Waals surface area contributed by atoms with Crippen molar-refractivity contribution in [3.63, 3.8) is 0 Å². The zero-order valence-electron chi connectivity index (χ0n) is 6.40. The van der Waals surface area contributed by atoms with E-state index in [0.717, 1.165) is 6.26 Å². The van der Waals surface area contributed by atoms with Crippen LogP contribution >= 0.6 is 0 Å². The van der Waals surface area contributed by atoms with E-state index in [1.807, 2.05) is 0 Å². The lowest BCUT2D eigenvalue weighted by atomic mass is 10.2.